The third kappa shape index (κ3) is 7.60. The van der Waals surface area contributed by atoms with Crippen molar-refractivity contribution in [2.24, 2.45) is 4.99 Å². The van der Waals surface area contributed by atoms with Crippen LogP contribution in [0.2, 0.25) is 0 Å². The van der Waals surface area contributed by atoms with Crippen molar-refractivity contribution >= 4 is 41.3 Å². The normalized spacial score (nSPS) is 12.2. The van der Waals surface area contributed by atoms with Gasteiger partial charge in [-0.25, -0.2) is 4.98 Å². The average molecular weight is 474 g/mol. The zero-order chi connectivity index (χ0) is 17.2. The monoisotopic (exact) mass is 474 g/mol. The quantitative estimate of drug-likeness (QED) is 0.345. The van der Waals surface area contributed by atoms with Crippen LogP contribution in [0.15, 0.2) is 40.1 Å². The number of rotatable bonds is 8. The van der Waals surface area contributed by atoms with Crippen molar-refractivity contribution < 1.29 is 4.74 Å². The van der Waals surface area contributed by atoms with Gasteiger partial charge in [-0.1, -0.05) is 19.9 Å². The topological polar surface area (TPSA) is 58.5 Å². The molecule has 0 amide bonds. The molecule has 0 aliphatic rings. The summed E-state index contributed by atoms with van der Waals surface area (Å²) in [7, 11) is 1.78. The maximum Gasteiger partial charge on any atom is 0.213 e. The van der Waals surface area contributed by atoms with E-state index < -0.39 is 0 Å². The first-order valence-corrected chi connectivity index (χ1v) is 9.21. The van der Waals surface area contributed by atoms with Crippen LogP contribution in [0, 0.1) is 0 Å². The molecular weight excluding hydrogens is 447 g/mol. The predicted octanol–water partition coefficient (Wildman–Crippen LogP) is 4.02. The Hall–Kier alpha value is -1.35. The van der Waals surface area contributed by atoms with E-state index in [2.05, 4.69) is 51.3 Å². The standard InChI is InChI=1S/C18H26N4OS.HI/c1-4-8-23-17-6-5-15(11-20-17)12-22-18(19-3)21-10-14(2)16-7-9-24-13-16;/h5-7,9,11,13-14H,4,8,10,12H2,1-3H3,(H2,19,21,22);1H. The van der Waals surface area contributed by atoms with Gasteiger partial charge < -0.3 is 15.4 Å². The van der Waals surface area contributed by atoms with Gasteiger partial charge in [-0.2, -0.15) is 11.3 Å². The van der Waals surface area contributed by atoms with Crippen LogP contribution in [0.1, 0.15) is 37.3 Å². The Morgan fingerprint density at radius 1 is 1.32 bits per heavy atom. The zero-order valence-corrected chi connectivity index (χ0v) is 18.1. The van der Waals surface area contributed by atoms with E-state index in [9.17, 15) is 0 Å². The summed E-state index contributed by atoms with van der Waals surface area (Å²) in [6, 6.07) is 6.09. The second kappa shape index (κ2) is 12.1. The van der Waals surface area contributed by atoms with Crippen molar-refractivity contribution in [2.75, 3.05) is 20.2 Å². The third-order valence-corrected chi connectivity index (χ3v) is 4.32. The Balaban J connectivity index is 0.00000312. The molecule has 138 valence electrons. The molecule has 0 fully saturated rings. The van der Waals surface area contributed by atoms with Crippen LogP contribution in [0.4, 0.5) is 0 Å². The summed E-state index contributed by atoms with van der Waals surface area (Å²) in [5, 5.41) is 11.0. The molecule has 0 bridgehead atoms. The smallest absolute Gasteiger partial charge is 0.213 e. The Labute approximate surface area is 171 Å². The Morgan fingerprint density at radius 2 is 2.16 bits per heavy atom. The molecule has 2 rings (SSSR count). The highest BCUT2D eigenvalue weighted by Crippen LogP contribution is 2.17. The number of hydrogen-bond donors (Lipinski definition) is 2. The van der Waals surface area contributed by atoms with Gasteiger partial charge in [-0.15, -0.1) is 24.0 Å². The summed E-state index contributed by atoms with van der Waals surface area (Å²) in [6.07, 6.45) is 2.82. The molecule has 1 unspecified atom stereocenters. The Kier molecular flexibility index (Phi) is 10.5. The van der Waals surface area contributed by atoms with E-state index in [4.69, 9.17) is 4.74 Å². The van der Waals surface area contributed by atoms with Crippen LogP contribution >= 0.6 is 35.3 Å². The van der Waals surface area contributed by atoms with Gasteiger partial charge in [0.05, 0.1) is 6.61 Å². The van der Waals surface area contributed by atoms with E-state index >= 15 is 0 Å². The molecule has 7 heteroatoms. The van der Waals surface area contributed by atoms with Crippen molar-refractivity contribution in [3.63, 3.8) is 0 Å². The van der Waals surface area contributed by atoms with Crippen LogP contribution < -0.4 is 15.4 Å². The van der Waals surface area contributed by atoms with Gasteiger partial charge in [0.15, 0.2) is 5.96 Å². The van der Waals surface area contributed by atoms with Crippen molar-refractivity contribution in [3.8, 4) is 5.88 Å². The fourth-order valence-electron chi connectivity index (χ4n) is 2.14. The number of nitrogens with one attached hydrogen (secondary N) is 2. The summed E-state index contributed by atoms with van der Waals surface area (Å²) in [5.41, 5.74) is 2.45. The van der Waals surface area contributed by atoms with Crippen molar-refractivity contribution in [3.05, 3.63) is 46.3 Å². The minimum Gasteiger partial charge on any atom is -0.478 e. The first-order valence-electron chi connectivity index (χ1n) is 8.27. The second-order valence-corrected chi connectivity index (χ2v) is 6.40. The Bertz CT molecular complexity index is 617. The predicted molar refractivity (Wildman–Crippen MR) is 116 cm³/mol. The summed E-state index contributed by atoms with van der Waals surface area (Å²) < 4.78 is 5.49. The fourth-order valence-corrected chi connectivity index (χ4v) is 2.92. The second-order valence-electron chi connectivity index (χ2n) is 5.62. The highest BCUT2D eigenvalue weighted by atomic mass is 127. The molecule has 5 nitrogen and oxygen atoms in total. The molecule has 1 atom stereocenters. The van der Waals surface area contributed by atoms with E-state index in [-0.39, 0.29) is 24.0 Å². The van der Waals surface area contributed by atoms with Crippen molar-refractivity contribution in [2.45, 2.75) is 32.7 Å². The molecule has 0 aliphatic heterocycles. The SMILES string of the molecule is CCCOc1ccc(CNC(=NC)NCC(C)c2ccsc2)cn1.I. The van der Waals surface area contributed by atoms with Gasteiger partial charge in [0.25, 0.3) is 0 Å². The molecule has 0 aromatic carbocycles. The molecule has 2 heterocycles. The summed E-state index contributed by atoms with van der Waals surface area (Å²) in [4.78, 5) is 8.57. The average Bonchev–Trinajstić information content (AvgIpc) is 3.15. The van der Waals surface area contributed by atoms with Gasteiger partial charge in [-0.3, -0.25) is 4.99 Å². The number of ether oxygens (including phenoxy) is 1. The van der Waals surface area contributed by atoms with Gasteiger partial charge >= 0.3 is 0 Å². The zero-order valence-electron chi connectivity index (χ0n) is 15.0. The molecule has 0 saturated heterocycles. The molecule has 0 spiro atoms. The fraction of sp³-hybridized carbons (Fsp3) is 0.444. The van der Waals surface area contributed by atoms with E-state index in [0.29, 0.717) is 24.9 Å². The van der Waals surface area contributed by atoms with Gasteiger partial charge in [0, 0.05) is 32.4 Å². The largest absolute Gasteiger partial charge is 0.478 e. The lowest BCUT2D eigenvalue weighted by Gasteiger charge is -2.15. The first kappa shape index (κ1) is 21.7. The highest BCUT2D eigenvalue weighted by Gasteiger charge is 2.07. The minimum absolute atomic E-state index is 0. The molecule has 0 saturated carbocycles. The summed E-state index contributed by atoms with van der Waals surface area (Å²) in [5.74, 6) is 1.92. The summed E-state index contributed by atoms with van der Waals surface area (Å²) in [6.45, 7) is 6.51. The van der Waals surface area contributed by atoms with Crippen molar-refractivity contribution in [1.82, 2.24) is 15.6 Å². The third-order valence-electron chi connectivity index (χ3n) is 3.62. The first-order chi connectivity index (χ1) is 11.7. The van der Waals surface area contributed by atoms with Crippen LogP contribution in [-0.4, -0.2) is 31.1 Å². The van der Waals surface area contributed by atoms with E-state index in [0.717, 1.165) is 24.5 Å². The highest BCUT2D eigenvalue weighted by molar-refractivity contribution is 14.0. The number of thiophene rings is 1. The van der Waals surface area contributed by atoms with Gasteiger partial charge in [0.1, 0.15) is 0 Å². The van der Waals surface area contributed by atoms with Crippen LogP contribution in [0.5, 0.6) is 5.88 Å². The molecule has 2 aromatic heterocycles. The molecule has 2 aromatic rings. The van der Waals surface area contributed by atoms with Crippen LogP contribution in [-0.2, 0) is 6.54 Å². The maximum atomic E-state index is 5.49. The molecule has 25 heavy (non-hydrogen) atoms. The number of nitrogens with zero attached hydrogens (tertiary/aromatic N) is 2. The number of pyridine rings is 1. The van der Waals surface area contributed by atoms with Crippen LogP contribution in [0.25, 0.3) is 0 Å². The lowest BCUT2D eigenvalue weighted by atomic mass is 10.1. The maximum absolute atomic E-state index is 5.49. The van der Waals surface area contributed by atoms with E-state index in [1.165, 1.54) is 5.56 Å². The minimum atomic E-state index is 0. The van der Waals surface area contributed by atoms with E-state index in [1.54, 1.807) is 18.4 Å². The Morgan fingerprint density at radius 3 is 2.76 bits per heavy atom. The van der Waals surface area contributed by atoms with Crippen molar-refractivity contribution in [1.29, 1.82) is 0 Å². The molecule has 0 aliphatic carbocycles. The number of aromatic nitrogens is 1. The summed E-state index contributed by atoms with van der Waals surface area (Å²) >= 11 is 1.73. The number of aliphatic imine (C=N–C) groups is 1. The van der Waals surface area contributed by atoms with Gasteiger partial charge in [-0.05, 0) is 40.3 Å². The molecule has 0 radical (unpaired) electrons. The number of hydrogen-bond acceptors (Lipinski definition) is 4. The lowest BCUT2D eigenvalue weighted by Crippen LogP contribution is -2.38. The number of halogens is 1. The van der Waals surface area contributed by atoms with Gasteiger partial charge in [0.2, 0.25) is 5.88 Å². The molecule has 2 N–H and O–H groups in total. The molecular formula is C18H27IN4OS. The van der Waals surface area contributed by atoms with E-state index in [1.807, 2.05) is 18.3 Å². The van der Waals surface area contributed by atoms with Crippen LogP contribution in [0.3, 0.4) is 0 Å². The lowest BCUT2D eigenvalue weighted by molar-refractivity contribution is 0.305. The number of guanidine groups is 1.